The average Bonchev–Trinajstić information content (AvgIpc) is 3.16. The SMILES string of the molecule is CC1CC(C(C)(C)C)C(Cc2c(-c3ccc(Cl)cc3)cn3c(=O)c4c([nH]c23)NS(=O)(=O)NC4=O)C(C(C)(C)C)C1. The summed E-state index contributed by atoms with van der Waals surface area (Å²) in [6.07, 6.45) is 4.69. The van der Waals surface area contributed by atoms with Gasteiger partial charge in [0, 0.05) is 22.3 Å². The van der Waals surface area contributed by atoms with E-state index in [1.807, 2.05) is 29.0 Å². The number of carbonyl (C=O) groups is 1. The minimum atomic E-state index is -4.13. The Bertz CT molecular complexity index is 1620. The fourth-order valence-electron chi connectivity index (χ4n) is 7.06. The molecule has 2 aliphatic rings. The van der Waals surface area contributed by atoms with Crippen LogP contribution in [0.3, 0.4) is 0 Å². The van der Waals surface area contributed by atoms with E-state index in [2.05, 4.69) is 58.2 Å². The third-order valence-electron chi connectivity index (χ3n) is 8.89. The number of amides is 1. The second kappa shape index (κ2) is 9.65. The highest BCUT2D eigenvalue weighted by atomic mass is 35.5. The van der Waals surface area contributed by atoms with Crippen molar-refractivity contribution in [1.82, 2.24) is 14.1 Å². The molecular formula is C30H39ClN4O4S. The number of hydrogen-bond donors (Lipinski definition) is 3. The van der Waals surface area contributed by atoms with Gasteiger partial charge in [0.25, 0.3) is 11.5 Å². The third kappa shape index (κ3) is 5.18. The zero-order valence-electron chi connectivity index (χ0n) is 24.2. The van der Waals surface area contributed by atoms with Crippen LogP contribution in [0.2, 0.25) is 5.02 Å². The number of halogens is 1. The Morgan fingerprint density at radius 3 is 2.08 bits per heavy atom. The zero-order chi connectivity index (χ0) is 29.4. The molecule has 1 saturated carbocycles. The molecule has 8 nitrogen and oxygen atoms in total. The Hall–Kier alpha value is -2.78. The summed E-state index contributed by atoms with van der Waals surface area (Å²) in [6.45, 7) is 16.2. The number of rotatable bonds is 3. The first-order valence-electron chi connectivity index (χ1n) is 13.9. The third-order valence-corrected chi connectivity index (χ3v) is 10.1. The average molecular weight is 587 g/mol. The molecule has 3 aromatic rings. The number of hydrogen-bond acceptors (Lipinski definition) is 4. The number of H-pyrrole nitrogens is 1. The second-order valence-electron chi connectivity index (χ2n) is 13.9. The molecule has 1 aliphatic heterocycles. The van der Waals surface area contributed by atoms with Gasteiger partial charge >= 0.3 is 10.2 Å². The Labute approximate surface area is 241 Å². The highest BCUT2D eigenvalue weighted by Crippen LogP contribution is 2.53. The number of fused-ring (bicyclic) bond motifs is 2. The molecule has 216 valence electrons. The summed E-state index contributed by atoms with van der Waals surface area (Å²) < 4.78 is 30.2. The maximum atomic E-state index is 13.7. The van der Waals surface area contributed by atoms with Gasteiger partial charge in [0.1, 0.15) is 17.0 Å². The van der Waals surface area contributed by atoms with E-state index in [4.69, 9.17) is 11.6 Å². The van der Waals surface area contributed by atoms with Crippen LogP contribution in [-0.4, -0.2) is 23.7 Å². The Morgan fingerprint density at radius 2 is 1.52 bits per heavy atom. The van der Waals surface area contributed by atoms with Crippen LogP contribution < -0.4 is 15.0 Å². The molecule has 0 saturated heterocycles. The fourth-order valence-corrected chi connectivity index (χ4v) is 8.00. The molecule has 1 aromatic carbocycles. The molecule has 1 aliphatic carbocycles. The summed E-state index contributed by atoms with van der Waals surface area (Å²) in [6, 6.07) is 7.48. The van der Waals surface area contributed by atoms with Crippen LogP contribution in [0.25, 0.3) is 16.8 Å². The lowest BCUT2D eigenvalue weighted by molar-refractivity contribution is -0.0137. The van der Waals surface area contributed by atoms with E-state index in [1.165, 1.54) is 4.40 Å². The normalized spacial score (nSPS) is 24.9. The van der Waals surface area contributed by atoms with Gasteiger partial charge < -0.3 is 4.98 Å². The molecule has 40 heavy (non-hydrogen) atoms. The Kier molecular flexibility index (Phi) is 6.94. The van der Waals surface area contributed by atoms with E-state index in [-0.39, 0.29) is 22.2 Å². The summed E-state index contributed by atoms with van der Waals surface area (Å²) in [4.78, 5) is 29.4. The fraction of sp³-hybridized carbons (Fsp3) is 0.533. The van der Waals surface area contributed by atoms with Crippen molar-refractivity contribution >= 4 is 39.2 Å². The first kappa shape index (κ1) is 28.7. The van der Waals surface area contributed by atoms with Gasteiger partial charge in [0.2, 0.25) is 0 Å². The number of benzene rings is 1. The second-order valence-corrected chi connectivity index (χ2v) is 15.7. The monoisotopic (exact) mass is 586 g/mol. The summed E-state index contributed by atoms with van der Waals surface area (Å²) in [5.41, 5.74) is 2.45. The lowest BCUT2D eigenvalue weighted by Gasteiger charge is -2.51. The maximum absolute atomic E-state index is 13.7. The molecule has 2 unspecified atom stereocenters. The molecule has 0 spiro atoms. The van der Waals surface area contributed by atoms with Crippen LogP contribution in [0.15, 0.2) is 35.3 Å². The minimum absolute atomic E-state index is 0.0686. The lowest BCUT2D eigenvalue weighted by atomic mass is 9.54. The summed E-state index contributed by atoms with van der Waals surface area (Å²) in [7, 11) is -4.13. The van der Waals surface area contributed by atoms with Crippen LogP contribution in [0.5, 0.6) is 0 Å². The molecule has 5 rings (SSSR count). The molecule has 0 radical (unpaired) electrons. The molecule has 3 N–H and O–H groups in total. The molecule has 0 bridgehead atoms. The van der Waals surface area contributed by atoms with Crippen LogP contribution in [-0.2, 0) is 16.6 Å². The van der Waals surface area contributed by atoms with Gasteiger partial charge in [-0.3, -0.25) is 18.7 Å². The van der Waals surface area contributed by atoms with E-state index in [1.54, 1.807) is 6.20 Å². The van der Waals surface area contributed by atoms with Crippen molar-refractivity contribution in [2.24, 2.45) is 34.5 Å². The largest absolute Gasteiger partial charge is 0.326 e. The molecule has 1 fully saturated rings. The summed E-state index contributed by atoms with van der Waals surface area (Å²) in [5.74, 6) is 0.713. The van der Waals surface area contributed by atoms with Gasteiger partial charge in [0.05, 0.1) is 0 Å². The van der Waals surface area contributed by atoms with Crippen LogP contribution in [0.4, 0.5) is 5.82 Å². The number of aromatic amines is 1. The zero-order valence-corrected chi connectivity index (χ0v) is 25.8. The molecule has 1 amide bonds. The molecular weight excluding hydrogens is 548 g/mol. The van der Waals surface area contributed by atoms with Crippen LogP contribution in [0, 0.1) is 34.5 Å². The molecule has 2 atom stereocenters. The Morgan fingerprint density at radius 1 is 0.950 bits per heavy atom. The molecule has 3 heterocycles. The van der Waals surface area contributed by atoms with E-state index in [0.717, 1.165) is 29.5 Å². The van der Waals surface area contributed by atoms with Crippen molar-refractivity contribution in [3.63, 3.8) is 0 Å². The highest BCUT2D eigenvalue weighted by molar-refractivity contribution is 7.91. The maximum Gasteiger partial charge on any atom is 0.325 e. The predicted molar refractivity (Wildman–Crippen MR) is 160 cm³/mol. The first-order valence-corrected chi connectivity index (χ1v) is 15.7. The number of nitrogens with one attached hydrogen (secondary N) is 3. The lowest BCUT2D eigenvalue weighted by Crippen LogP contribution is -2.45. The number of anilines is 1. The number of aromatic nitrogens is 2. The predicted octanol–water partition coefficient (Wildman–Crippen LogP) is 6.26. The van der Waals surface area contributed by atoms with Gasteiger partial charge in [-0.05, 0) is 71.5 Å². The van der Waals surface area contributed by atoms with Crippen molar-refractivity contribution in [2.75, 3.05) is 4.72 Å². The van der Waals surface area contributed by atoms with E-state index < -0.39 is 21.7 Å². The van der Waals surface area contributed by atoms with Crippen molar-refractivity contribution < 1.29 is 13.2 Å². The van der Waals surface area contributed by atoms with E-state index >= 15 is 0 Å². The summed E-state index contributed by atoms with van der Waals surface area (Å²) in [5, 5.41) is 0.605. The van der Waals surface area contributed by atoms with Crippen LogP contribution in [0.1, 0.15) is 77.2 Å². The smallest absolute Gasteiger partial charge is 0.325 e. The van der Waals surface area contributed by atoms with Gasteiger partial charge in [-0.1, -0.05) is 72.2 Å². The van der Waals surface area contributed by atoms with Crippen molar-refractivity contribution in [1.29, 1.82) is 0 Å². The van der Waals surface area contributed by atoms with Crippen molar-refractivity contribution in [3.05, 3.63) is 57.0 Å². The topological polar surface area (TPSA) is 113 Å². The number of carbonyl (C=O) groups excluding carboxylic acids is 1. The molecule has 10 heteroatoms. The number of nitrogens with zero attached hydrogens (tertiary/aromatic N) is 1. The minimum Gasteiger partial charge on any atom is -0.326 e. The van der Waals surface area contributed by atoms with Crippen LogP contribution >= 0.6 is 11.6 Å². The van der Waals surface area contributed by atoms with E-state index in [9.17, 15) is 18.0 Å². The van der Waals surface area contributed by atoms with Crippen molar-refractivity contribution in [3.8, 4) is 11.1 Å². The van der Waals surface area contributed by atoms with Crippen molar-refractivity contribution in [2.45, 2.75) is 67.7 Å². The van der Waals surface area contributed by atoms with Gasteiger partial charge in [0.15, 0.2) is 0 Å². The summed E-state index contributed by atoms with van der Waals surface area (Å²) >= 11 is 6.21. The highest BCUT2D eigenvalue weighted by Gasteiger charge is 2.46. The molecule has 2 aromatic heterocycles. The Balaban J connectivity index is 1.77. The first-order chi connectivity index (χ1) is 18.5. The standard InChI is InChI=1S/C30H39ClN4O4S/c1-16-12-22(29(2,3)4)20(23(13-16)30(5,6)7)14-19-21(17-8-10-18(31)11-9-17)15-35-26(19)32-25-24(28(35)37)27(36)34-40(38,39)33-25/h8-11,15-16,20,22-23,32-33H,12-14H2,1-7H3,(H,34,36). The quantitative estimate of drug-likeness (QED) is 0.336. The van der Waals surface area contributed by atoms with Gasteiger partial charge in [-0.25, -0.2) is 4.72 Å². The van der Waals surface area contributed by atoms with Gasteiger partial charge in [-0.15, -0.1) is 0 Å². The van der Waals surface area contributed by atoms with Gasteiger partial charge in [-0.2, -0.15) is 8.42 Å². The van der Waals surface area contributed by atoms with E-state index in [0.29, 0.717) is 40.8 Å².